The molecule has 0 saturated carbocycles. The highest BCUT2D eigenvalue weighted by Crippen LogP contribution is 2.18. The fraction of sp³-hybridized carbons (Fsp3) is 0.0833. The van der Waals surface area contributed by atoms with E-state index in [1.54, 1.807) is 24.4 Å². The molecule has 0 unspecified atom stereocenters. The molecule has 0 saturated heterocycles. The van der Waals surface area contributed by atoms with E-state index in [-0.39, 0.29) is 5.56 Å². The van der Waals surface area contributed by atoms with Gasteiger partial charge in [0.05, 0.1) is 5.56 Å². The summed E-state index contributed by atoms with van der Waals surface area (Å²) in [5, 5.41) is 8.60. The maximum atomic E-state index is 13.4. The van der Waals surface area contributed by atoms with E-state index in [9.17, 15) is 4.39 Å². The summed E-state index contributed by atoms with van der Waals surface area (Å²) < 4.78 is 13.4. The standard InChI is InChI=1S/C12H8FN3/c1-8-4-5-15-12(16-8)9-2-3-10(7-14)11(13)6-9/h2-6H,1H3. The number of hydrogen-bond donors (Lipinski definition) is 0. The van der Waals surface area contributed by atoms with Crippen molar-refractivity contribution >= 4 is 0 Å². The van der Waals surface area contributed by atoms with Gasteiger partial charge in [0.1, 0.15) is 11.9 Å². The number of nitrogens with zero attached hydrogens (tertiary/aromatic N) is 3. The van der Waals surface area contributed by atoms with Crippen molar-refractivity contribution in [2.24, 2.45) is 0 Å². The second-order valence-electron chi connectivity index (χ2n) is 3.33. The number of aryl methyl sites for hydroxylation is 1. The molecular weight excluding hydrogens is 205 g/mol. The van der Waals surface area contributed by atoms with Gasteiger partial charge in [0.25, 0.3) is 0 Å². The lowest BCUT2D eigenvalue weighted by Gasteiger charge is -2.01. The smallest absolute Gasteiger partial charge is 0.159 e. The minimum absolute atomic E-state index is 0.0244. The van der Waals surface area contributed by atoms with E-state index in [1.807, 2.05) is 6.92 Å². The van der Waals surface area contributed by atoms with Gasteiger partial charge >= 0.3 is 0 Å². The molecule has 0 amide bonds. The van der Waals surface area contributed by atoms with E-state index in [2.05, 4.69) is 9.97 Å². The highest BCUT2D eigenvalue weighted by atomic mass is 19.1. The van der Waals surface area contributed by atoms with Gasteiger partial charge in [-0.15, -0.1) is 0 Å². The molecule has 3 nitrogen and oxygen atoms in total. The van der Waals surface area contributed by atoms with Gasteiger partial charge in [-0.1, -0.05) is 0 Å². The Morgan fingerprint density at radius 1 is 1.31 bits per heavy atom. The number of nitriles is 1. The number of rotatable bonds is 1. The maximum Gasteiger partial charge on any atom is 0.159 e. The van der Waals surface area contributed by atoms with Gasteiger partial charge in [-0.3, -0.25) is 0 Å². The zero-order valence-corrected chi connectivity index (χ0v) is 8.61. The van der Waals surface area contributed by atoms with Crippen LogP contribution in [-0.4, -0.2) is 9.97 Å². The van der Waals surface area contributed by atoms with E-state index >= 15 is 0 Å². The van der Waals surface area contributed by atoms with Crippen molar-refractivity contribution in [2.75, 3.05) is 0 Å². The van der Waals surface area contributed by atoms with Crippen LogP contribution >= 0.6 is 0 Å². The lowest BCUT2D eigenvalue weighted by atomic mass is 10.1. The van der Waals surface area contributed by atoms with Crippen molar-refractivity contribution in [1.82, 2.24) is 9.97 Å². The minimum atomic E-state index is -0.551. The summed E-state index contributed by atoms with van der Waals surface area (Å²) >= 11 is 0. The molecule has 0 aliphatic carbocycles. The monoisotopic (exact) mass is 213 g/mol. The lowest BCUT2D eigenvalue weighted by molar-refractivity contribution is 0.624. The first-order valence-electron chi connectivity index (χ1n) is 4.70. The molecule has 0 radical (unpaired) electrons. The molecule has 1 aromatic carbocycles. The second-order valence-corrected chi connectivity index (χ2v) is 3.33. The van der Waals surface area contributed by atoms with Gasteiger partial charge in [-0.05, 0) is 31.2 Å². The van der Waals surface area contributed by atoms with Crippen LogP contribution in [0.15, 0.2) is 30.5 Å². The van der Waals surface area contributed by atoms with Gasteiger partial charge < -0.3 is 0 Å². The molecule has 0 bridgehead atoms. The molecule has 4 heteroatoms. The molecule has 1 aromatic heterocycles. The van der Waals surface area contributed by atoms with Crippen LogP contribution in [0.5, 0.6) is 0 Å². The third-order valence-corrected chi connectivity index (χ3v) is 2.14. The minimum Gasteiger partial charge on any atom is -0.237 e. The zero-order chi connectivity index (χ0) is 11.5. The summed E-state index contributed by atoms with van der Waals surface area (Å²) in [6.07, 6.45) is 1.62. The van der Waals surface area contributed by atoms with Crippen LogP contribution in [0, 0.1) is 24.1 Å². The normalized spacial score (nSPS) is 9.81. The molecule has 2 aromatic rings. The summed E-state index contributed by atoms with van der Waals surface area (Å²) in [7, 11) is 0. The first kappa shape index (κ1) is 10.2. The SMILES string of the molecule is Cc1ccnc(-c2ccc(C#N)c(F)c2)n1. The molecular formula is C12H8FN3. The van der Waals surface area contributed by atoms with Crippen LogP contribution in [0.2, 0.25) is 0 Å². The fourth-order valence-electron chi connectivity index (χ4n) is 1.33. The summed E-state index contributed by atoms with van der Waals surface area (Å²) in [5.41, 5.74) is 1.41. The van der Waals surface area contributed by atoms with E-state index in [1.165, 1.54) is 12.1 Å². The van der Waals surface area contributed by atoms with Crippen molar-refractivity contribution in [3.63, 3.8) is 0 Å². The van der Waals surface area contributed by atoms with Crippen LogP contribution < -0.4 is 0 Å². The average Bonchev–Trinajstić information content (AvgIpc) is 2.29. The van der Waals surface area contributed by atoms with Crippen molar-refractivity contribution in [3.8, 4) is 17.5 Å². The van der Waals surface area contributed by atoms with Gasteiger partial charge in [-0.2, -0.15) is 5.26 Å². The zero-order valence-electron chi connectivity index (χ0n) is 8.61. The highest BCUT2D eigenvalue weighted by Gasteiger charge is 2.06. The second kappa shape index (κ2) is 4.07. The first-order chi connectivity index (χ1) is 7.70. The van der Waals surface area contributed by atoms with E-state index in [0.29, 0.717) is 11.4 Å². The van der Waals surface area contributed by atoms with Gasteiger partial charge in [0.15, 0.2) is 5.82 Å². The predicted octanol–water partition coefficient (Wildman–Crippen LogP) is 2.46. The number of aromatic nitrogens is 2. The Morgan fingerprint density at radius 2 is 2.12 bits per heavy atom. The van der Waals surface area contributed by atoms with Gasteiger partial charge in [0.2, 0.25) is 0 Å². The van der Waals surface area contributed by atoms with Crippen LogP contribution in [0.4, 0.5) is 4.39 Å². The quantitative estimate of drug-likeness (QED) is 0.731. The van der Waals surface area contributed by atoms with Crippen molar-refractivity contribution in [1.29, 1.82) is 5.26 Å². The van der Waals surface area contributed by atoms with E-state index < -0.39 is 5.82 Å². The van der Waals surface area contributed by atoms with Crippen molar-refractivity contribution < 1.29 is 4.39 Å². The van der Waals surface area contributed by atoms with Crippen LogP contribution in [0.25, 0.3) is 11.4 Å². The molecule has 0 aliphatic rings. The average molecular weight is 213 g/mol. The highest BCUT2D eigenvalue weighted by molar-refractivity contribution is 5.56. The third kappa shape index (κ3) is 1.89. The summed E-state index contributed by atoms with van der Waals surface area (Å²) in [6.45, 7) is 1.84. The molecule has 1 heterocycles. The van der Waals surface area contributed by atoms with Crippen LogP contribution in [0.3, 0.4) is 0 Å². The number of halogens is 1. The molecule has 0 fully saturated rings. The first-order valence-corrected chi connectivity index (χ1v) is 4.70. The molecule has 16 heavy (non-hydrogen) atoms. The van der Waals surface area contributed by atoms with Crippen molar-refractivity contribution in [2.45, 2.75) is 6.92 Å². The predicted molar refractivity (Wildman–Crippen MR) is 56.9 cm³/mol. The Kier molecular flexibility index (Phi) is 2.61. The third-order valence-electron chi connectivity index (χ3n) is 2.14. The van der Waals surface area contributed by atoms with E-state index in [0.717, 1.165) is 5.69 Å². The van der Waals surface area contributed by atoms with Crippen molar-refractivity contribution in [3.05, 3.63) is 47.5 Å². The van der Waals surface area contributed by atoms with Gasteiger partial charge in [0, 0.05) is 17.5 Å². The fourth-order valence-corrected chi connectivity index (χ4v) is 1.33. The Morgan fingerprint density at radius 3 is 2.75 bits per heavy atom. The molecule has 78 valence electrons. The Hall–Kier alpha value is -2.28. The Labute approximate surface area is 92.2 Å². The summed E-state index contributed by atoms with van der Waals surface area (Å²) in [5.74, 6) is -0.0894. The lowest BCUT2D eigenvalue weighted by Crippen LogP contribution is -1.92. The van der Waals surface area contributed by atoms with E-state index in [4.69, 9.17) is 5.26 Å². The molecule has 2 rings (SSSR count). The Bertz CT molecular complexity index is 573. The topological polar surface area (TPSA) is 49.6 Å². The summed E-state index contributed by atoms with van der Waals surface area (Å²) in [4.78, 5) is 8.23. The van der Waals surface area contributed by atoms with Crippen LogP contribution in [0.1, 0.15) is 11.3 Å². The number of benzene rings is 1. The molecule has 0 atom stereocenters. The van der Waals surface area contributed by atoms with Crippen LogP contribution in [-0.2, 0) is 0 Å². The molecule has 0 spiro atoms. The number of hydrogen-bond acceptors (Lipinski definition) is 3. The van der Waals surface area contributed by atoms with Gasteiger partial charge in [-0.25, -0.2) is 14.4 Å². The maximum absolute atomic E-state index is 13.4. The largest absolute Gasteiger partial charge is 0.237 e. The molecule has 0 aliphatic heterocycles. The molecule has 0 N–H and O–H groups in total. The Balaban J connectivity index is 2.50. The summed E-state index contributed by atoms with van der Waals surface area (Å²) in [6, 6.07) is 7.87.